The third-order valence-electron chi connectivity index (χ3n) is 2.56. The van der Waals surface area contributed by atoms with Gasteiger partial charge < -0.3 is 5.73 Å². The minimum absolute atomic E-state index is 0.0189. The number of H-pyrrole nitrogens is 1. The van der Waals surface area contributed by atoms with Crippen molar-refractivity contribution in [2.45, 2.75) is 23.0 Å². The van der Waals surface area contributed by atoms with Crippen LogP contribution in [0.2, 0.25) is 0 Å². The molecular formula is C12H14N4O2S. The number of nitrogens with two attached hydrogens (primary N) is 1. The van der Waals surface area contributed by atoms with Gasteiger partial charge in [-0.2, -0.15) is 4.98 Å². The van der Waals surface area contributed by atoms with Crippen LogP contribution in [0.3, 0.4) is 0 Å². The first-order valence-corrected chi connectivity index (χ1v) is 6.50. The standard InChI is InChI=1S/C12H14N4O2S/c1-7(13)8-3-5-9(6-4-8)19-12-14-10(17)11(18)15-16(12)2/h3-7H,13H2,1-2H3,(H,15,18)/t7-/m1/s1. The van der Waals surface area contributed by atoms with Crippen LogP contribution in [0.4, 0.5) is 0 Å². The fraction of sp³-hybridized carbons (Fsp3) is 0.250. The molecule has 3 N–H and O–H groups in total. The van der Waals surface area contributed by atoms with Gasteiger partial charge in [0.25, 0.3) is 0 Å². The average molecular weight is 278 g/mol. The number of benzene rings is 1. The van der Waals surface area contributed by atoms with E-state index in [0.29, 0.717) is 5.16 Å². The van der Waals surface area contributed by atoms with Crippen LogP contribution in [-0.4, -0.2) is 14.8 Å². The molecule has 0 amide bonds. The molecule has 0 fully saturated rings. The maximum Gasteiger partial charge on any atom is 0.339 e. The van der Waals surface area contributed by atoms with Gasteiger partial charge in [-0.05, 0) is 24.6 Å². The molecule has 1 atom stereocenters. The molecule has 0 spiro atoms. The molecule has 0 aliphatic heterocycles. The maximum absolute atomic E-state index is 11.2. The normalized spacial score (nSPS) is 12.4. The average Bonchev–Trinajstić information content (AvgIpc) is 2.36. The van der Waals surface area contributed by atoms with Gasteiger partial charge in [0.05, 0.1) is 0 Å². The number of aromatic amines is 1. The van der Waals surface area contributed by atoms with Crippen LogP contribution < -0.4 is 16.9 Å². The number of nitrogens with zero attached hydrogens (tertiary/aromatic N) is 2. The molecule has 1 heterocycles. The summed E-state index contributed by atoms with van der Waals surface area (Å²) >= 11 is 1.30. The zero-order valence-corrected chi connectivity index (χ0v) is 11.4. The molecule has 1 aromatic heterocycles. The number of hydrogen-bond acceptors (Lipinski definition) is 5. The number of aryl methyl sites for hydroxylation is 1. The Kier molecular flexibility index (Phi) is 3.87. The Morgan fingerprint density at radius 1 is 1.32 bits per heavy atom. The van der Waals surface area contributed by atoms with E-state index in [4.69, 9.17) is 5.73 Å². The summed E-state index contributed by atoms with van der Waals surface area (Å²) in [5.41, 5.74) is 5.30. The number of aromatic nitrogens is 3. The third kappa shape index (κ3) is 3.12. The lowest BCUT2D eigenvalue weighted by Gasteiger charge is -2.08. The Labute approximate surface area is 113 Å². The highest BCUT2D eigenvalue weighted by Gasteiger charge is 2.06. The van der Waals surface area contributed by atoms with Crippen molar-refractivity contribution in [3.63, 3.8) is 0 Å². The van der Waals surface area contributed by atoms with Gasteiger partial charge >= 0.3 is 11.1 Å². The van der Waals surface area contributed by atoms with Gasteiger partial charge in [-0.15, -0.1) is 0 Å². The summed E-state index contributed by atoms with van der Waals surface area (Å²) in [7, 11) is 1.63. The molecule has 1 aromatic carbocycles. The molecule has 7 heteroatoms. The van der Waals surface area contributed by atoms with E-state index in [9.17, 15) is 9.59 Å². The minimum Gasteiger partial charge on any atom is -0.324 e. The predicted molar refractivity (Wildman–Crippen MR) is 73.3 cm³/mol. The molecular weight excluding hydrogens is 264 g/mol. The Balaban J connectivity index is 2.29. The van der Waals surface area contributed by atoms with E-state index in [-0.39, 0.29) is 6.04 Å². The first-order chi connectivity index (χ1) is 8.97. The van der Waals surface area contributed by atoms with Gasteiger partial charge in [-0.3, -0.25) is 19.4 Å². The summed E-state index contributed by atoms with van der Waals surface area (Å²) in [5, 5.41) is 2.83. The van der Waals surface area contributed by atoms with Gasteiger partial charge in [0.15, 0.2) is 5.16 Å². The lowest BCUT2D eigenvalue weighted by molar-refractivity contribution is 0.596. The van der Waals surface area contributed by atoms with Crippen molar-refractivity contribution in [1.82, 2.24) is 14.8 Å². The van der Waals surface area contributed by atoms with Crippen LogP contribution in [0.15, 0.2) is 43.9 Å². The predicted octanol–water partition coefficient (Wildman–Crippen LogP) is 0.639. The highest BCUT2D eigenvalue weighted by molar-refractivity contribution is 7.99. The van der Waals surface area contributed by atoms with Crippen molar-refractivity contribution in [2.75, 3.05) is 0 Å². The molecule has 0 unspecified atom stereocenters. The Bertz CT molecular complexity index is 688. The molecule has 2 aromatic rings. The number of nitrogens with one attached hydrogen (secondary N) is 1. The summed E-state index contributed by atoms with van der Waals surface area (Å²) in [5.74, 6) is 0. The van der Waals surface area contributed by atoms with Gasteiger partial charge in [0, 0.05) is 18.0 Å². The molecule has 19 heavy (non-hydrogen) atoms. The molecule has 0 radical (unpaired) electrons. The summed E-state index contributed by atoms with van der Waals surface area (Å²) in [6.07, 6.45) is 0. The second kappa shape index (κ2) is 5.41. The fourth-order valence-electron chi connectivity index (χ4n) is 1.50. The van der Waals surface area contributed by atoms with Gasteiger partial charge in [-0.25, -0.2) is 0 Å². The summed E-state index contributed by atoms with van der Waals surface area (Å²) in [6, 6.07) is 7.64. The molecule has 2 rings (SSSR count). The molecule has 0 saturated carbocycles. The van der Waals surface area contributed by atoms with E-state index >= 15 is 0 Å². The van der Waals surface area contributed by atoms with Crippen LogP contribution >= 0.6 is 11.8 Å². The van der Waals surface area contributed by atoms with E-state index in [1.807, 2.05) is 31.2 Å². The second-order valence-electron chi connectivity index (χ2n) is 4.16. The van der Waals surface area contributed by atoms with Crippen LogP contribution in [0.25, 0.3) is 0 Å². The van der Waals surface area contributed by atoms with Crippen LogP contribution in [0.5, 0.6) is 0 Å². The van der Waals surface area contributed by atoms with E-state index in [1.165, 1.54) is 16.4 Å². The Hall–Kier alpha value is -1.86. The lowest BCUT2D eigenvalue weighted by atomic mass is 10.1. The first-order valence-electron chi connectivity index (χ1n) is 5.68. The molecule has 0 bridgehead atoms. The molecule has 6 nitrogen and oxygen atoms in total. The Morgan fingerprint density at radius 3 is 2.53 bits per heavy atom. The SMILES string of the molecule is C[C@@H](N)c1ccc(Sc2nc(=O)c(=O)[nH]n2C)cc1. The van der Waals surface area contributed by atoms with E-state index in [1.54, 1.807) is 7.05 Å². The van der Waals surface area contributed by atoms with Crippen molar-refractivity contribution in [3.05, 3.63) is 50.5 Å². The zero-order chi connectivity index (χ0) is 14.0. The van der Waals surface area contributed by atoms with E-state index in [2.05, 4.69) is 10.1 Å². The summed E-state index contributed by atoms with van der Waals surface area (Å²) < 4.78 is 1.42. The van der Waals surface area contributed by atoms with Crippen LogP contribution in [0.1, 0.15) is 18.5 Å². The first kappa shape index (κ1) is 13.6. The van der Waals surface area contributed by atoms with Crippen molar-refractivity contribution >= 4 is 11.8 Å². The number of rotatable bonds is 3. The molecule has 100 valence electrons. The number of hydrogen-bond donors (Lipinski definition) is 2. The van der Waals surface area contributed by atoms with Crippen LogP contribution in [-0.2, 0) is 7.05 Å². The quantitative estimate of drug-likeness (QED) is 0.804. The van der Waals surface area contributed by atoms with Crippen molar-refractivity contribution < 1.29 is 0 Å². The lowest BCUT2D eigenvalue weighted by Crippen LogP contribution is -2.33. The van der Waals surface area contributed by atoms with E-state index in [0.717, 1.165) is 10.5 Å². The van der Waals surface area contributed by atoms with Crippen LogP contribution in [0, 0.1) is 0 Å². The third-order valence-corrected chi connectivity index (χ3v) is 3.62. The monoisotopic (exact) mass is 278 g/mol. The highest BCUT2D eigenvalue weighted by Crippen LogP contribution is 2.25. The van der Waals surface area contributed by atoms with Gasteiger partial charge in [-0.1, -0.05) is 23.9 Å². The molecule has 0 aliphatic carbocycles. The van der Waals surface area contributed by atoms with E-state index < -0.39 is 11.1 Å². The highest BCUT2D eigenvalue weighted by atomic mass is 32.2. The van der Waals surface area contributed by atoms with Gasteiger partial charge in [0.1, 0.15) is 0 Å². The van der Waals surface area contributed by atoms with Crippen molar-refractivity contribution in [1.29, 1.82) is 0 Å². The molecule has 0 aliphatic rings. The Morgan fingerprint density at radius 2 is 1.95 bits per heavy atom. The summed E-state index contributed by atoms with van der Waals surface area (Å²) in [6.45, 7) is 1.91. The van der Waals surface area contributed by atoms with Crippen molar-refractivity contribution in [2.24, 2.45) is 12.8 Å². The zero-order valence-electron chi connectivity index (χ0n) is 10.6. The second-order valence-corrected chi connectivity index (χ2v) is 5.20. The van der Waals surface area contributed by atoms with Crippen molar-refractivity contribution in [3.8, 4) is 0 Å². The topological polar surface area (TPSA) is 93.8 Å². The molecule has 0 saturated heterocycles. The largest absolute Gasteiger partial charge is 0.339 e. The maximum atomic E-state index is 11.2. The smallest absolute Gasteiger partial charge is 0.324 e. The fourth-order valence-corrected chi connectivity index (χ4v) is 2.29. The van der Waals surface area contributed by atoms with Gasteiger partial charge in [0.2, 0.25) is 0 Å². The minimum atomic E-state index is -0.784. The summed E-state index contributed by atoms with van der Waals surface area (Å²) in [4.78, 5) is 27.0.